The highest BCUT2D eigenvalue weighted by molar-refractivity contribution is 5.83. The molecule has 0 bridgehead atoms. The maximum Gasteiger partial charge on any atom is 0.239 e. The third kappa shape index (κ3) is 4.63. The molecular formula is C20H38N6O. The highest BCUT2D eigenvalue weighted by Crippen LogP contribution is 2.42. The second-order valence-electron chi connectivity index (χ2n) is 8.77. The summed E-state index contributed by atoms with van der Waals surface area (Å²) in [5.74, 6) is 2.03. The first kappa shape index (κ1) is 20.6. The molecule has 0 aromatic carbocycles. The van der Waals surface area contributed by atoms with Gasteiger partial charge in [-0.05, 0) is 76.3 Å². The Morgan fingerprint density at radius 3 is 2.41 bits per heavy atom. The first-order valence-electron chi connectivity index (χ1n) is 10.8. The summed E-state index contributed by atoms with van der Waals surface area (Å²) in [7, 11) is 0. The van der Waals surface area contributed by atoms with Gasteiger partial charge in [0.2, 0.25) is 5.91 Å². The van der Waals surface area contributed by atoms with E-state index in [-0.39, 0.29) is 12.0 Å². The molecule has 7 N–H and O–H groups in total. The fourth-order valence-corrected chi connectivity index (χ4v) is 5.55. The van der Waals surface area contributed by atoms with Gasteiger partial charge in [0.05, 0.1) is 11.9 Å². The number of nitrogens with zero attached hydrogens (tertiary/aromatic N) is 2. The quantitative estimate of drug-likeness (QED) is 0.384. The van der Waals surface area contributed by atoms with Crippen LogP contribution in [-0.2, 0) is 4.79 Å². The van der Waals surface area contributed by atoms with E-state index in [2.05, 4.69) is 9.80 Å². The standard InChI is InChI=1S/C20H38N6O/c21-7-1-9-26-17-13-16(19(23)24)3-2-15(17)12-18(26)20(27)25-10-5-14(4-8-22)6-11-25/h14-18H,1-13,21-22H2,(H3,23,24). The molecule has 4 atom stereocenters. The van der Waals surface area contributed by atoms with Gasteiger partial charge in [0.25, 0.3) is 0 Å². The fourth-order valence-electron chi connectivity index (χ4n) is 5.55. The zero-order valence-corrected chi connectivity index (χ0v) is 16.6. The van der Waals surface area contributed by atoms with Gasteiger partial charge in [-0.25, -0.2) is 0 Å². The lowest BCUT2D eigenvalue weighted by Gasteiger charge is -2.38. The number of nitrogens with one attached hydrogen (secondary N) is 1. The predicted molar refractivity (Wildman–Crippen MR) is 108 cm³/mol. The van der Waals surface area contributed by atoms with Gasteiger partial charge in [-0.2, -0.15) is 0 Å². The summed E-state index contributed by atoms with van der Waals surface area (Å²) in [6, 6.07) is 0.367. The molecule has 1 amide bonds. The van der Waals surface area contributed by atoms with E-state index in [1.807, 2.05) is 0 Å². The van der Waals surface area contributed by atoms with Crippen molar-refractivity contribution >= 4 is 11.7 Å². The number of piperidine rings is 1. The van der Waals surface area contributed by atoms with Crippen LogP contribution in [-0.4, -0.2) is 66.4 Å². The van der Waals surface area contributed by atoms with Crippen LogP contribution in [0, 0.1) is 23.2 Å². The van der Waals surface area contributed by atoms with Crippen LogP contribution in [0.4, 0.5) is 0 Å². The lowest BCUT2D eigenvalue weighted by atomic mass is 9.78. The van der Waals surface area contributed by atoms with Crippen molar-refractivity contribution < 1.29 is 4.79 Å². The van der Waals surface area contributed by atoms with Gasteiger partial charge in [-0.1, -0.05) is 0 Å². The Morgan fingerprint density at radius 2 is 1.78 bits per heavy atom. The number of hydrogen-bond acceptors (Lipinski definition) is 5. The van der Waals surface area contributed by atoms with E-state index >= 15 is 0 Å². The van der Waals surface area contributed by atoms with Crippen LogP contribution in [0.15, 0.2) is 0 Å². The number of amidine groups is 1. The molecule has 3 fully saturated rings. The van der Waals surface area contributed by atoms with Crippen LogP contribution < -0.4 is 17.2 Å². The highest BCUT2D eigenvalue weighted by atomic mass is 16.2. The first-order chi connectivity index (χ1) is 13.0. The Labute approximate surface area is 163 Å². The number of fused-ring (bicyclic) bond motifs is 1. The molecule has 0 aromatic rings. The molecule has 7 nitrogen and oxygen atoms in total. The molecule has 2 saturated heterocycles. The smallest absolute Gasteiger partial charge is 0.239 e. The van der Waals surface area contributed by atoms with E-state index in [0.29, 0.717) is 36.2 Å². The molecule has 0 spiro atoms. The normalized spacial score (nSPS) is 32.4. The molecule has 0 radical (unpaired) electrons. The molecule has 2 heterocycles. The molecule has 2 aliphatic heterocycles. The van der Waals surface area contributed by atoms with Gasteiger partial charge in [0, 0.05) is 31.6 Å². The second kappa shape index (κ2) is 9.34. The summed E-state index contributed by atoms with van der Waals surface area (Å²) in [6.45, 7) is 4.01. The number of hydrogen-bond donors (Lipinski definition) is 4. The zero-order valence-electron chi connectivity index (χ0n) is 16.6. The van der Waals surface area contributed by atoms with Crippen LogP contribution >= 0.6 is 0 Å². The molecule has 1 saturated carbocycles. The minimum absolute atomic E-state index is 0.0108. The minimum atomic E-state index is -0.0108. The van der Waals surface area contributed by atoms with Crippen molar-refractivity contribution in [3.05, 3.63) is 0 Å². The summed E-state index contributed by atoms with van der Waals surface area (Å²) in [5, 5.41) is 7.85. The summed E-state index contributed by atoms with van der Waals surface area (Å²) in [4.78, 5) is 17.9. The monoisotopic (exact) mass is 378 g/mol. The van der Waals surface area contributed by atoms with Crippen LogP contribution in [0.2, 0.25) is 0 Å². The summed E-state index contributed by atoms with van der Waals surface area (Å²) in [5.41, 5.74) is 17.3. The largest absolute Gasteiger partial charge is 0.387 e. The Hall–Kier alpha value is -1.18. The number of rotatable bonds is 7. The third-order valence-electron chi connectivity index (χ3n) is 7.15. The van der Waals surface area contributed by atoms with E-state index in [9.17, 15) is 4.79 Å². The predicted octanol–water partition coefficient (Wildman–Crippen LogP) is 0.718. The van der Waals surface area contributed by atoms with Crippen molar-refractivity contribution in [3.8, 4) is 0 Å². The number of nitrogens with two attached hydrogens (primary N) is 3. The Balaban J connectivity index is 1.66. The number of likely N-dealkylation sites (tertiary alicyclic amines) is 2. The topological polar surface area (TPSA) is 125 Å². The number of amides is 1. The van der Waals surface area contributed by atoms with Crippen LogP contribution in [0.5, 0.6) is 0 Å². The Bertz CT molecular complexity index is 519. The van der Waals surface area contributed by atoms with Crippen LogP contribution in [0.3, 0.4) is 0 Å². The van der Waals surface area contributed by atoms with Gasteiger partial charge in [0.1, 0.15) is 0 Å². The van der Waals surface area contributed by atoms with Crippen LogP contribution in [0.1, 0.15) is 51.4 Å². The van der Waals surface area contributed by atoms with Gasteiger partial charge < -0.3 is 22.1 Å². The average Bonchev–Trinajstić information content (AvgIpc) is 3.04. The van der Waals surface area contributed by atoms with Gasteiger partial charge in [0.15, 0.2) is 0 Å². The molecule has 3 rings (SSSR count). The summed E-state index contributed by atoms with van der Waals surface area (Å²) >= 11 is 0. The van der Waals surface area contributed by atoms with E-state index in [4.69, 9.17) is 22.6 Å². The van der Waals surface area contributed by atoms with E-state index < -0.39 is 0 Å². The number of carbonyl (C=O) groups excluding carboxylic acids is 1. The maximum atomic E-state index is 13.4. The van der Waals surface area contributed by atoms with Crippen molar-refractivity contribution in [2.24, 2.45) is 35.0 Å². The lowest BCUT2D eigenvalue weighted by molar-refractivity contribution is -0.138. The summed E-state index contributed by atoms with van der Waals surface area (Å²) in [6.07, 6.45) is 8.10. The molecule has 154 valence electrons. The molecule has 7 heteroatoms. The van der Waals surface area contributed by atoms with Crippen LogP contribution in [0.25, 0.3) is 0 Å². The van der Waals surface area contributed by atoms with Crippen molar-refractivity contribution in [1.82, 2.24) is 9.80 Å². The van der Waals surface area contributed by atoms with Crippen molar-refractivity contribution in [2.75, 3.05) is 32.7 Å². The van der Waals surface area contributed by atoms with Gasteiger partial charge in [-0.15, -0.1) is 0 Å². The first-order valence-corrected chi connectivity index (χ1v) is 10.8. The molecule has 1 aliphatic carbocycles. The molecule has 27 heavy (non-hydrogen) atoms. The Morgan fingerprint density at radius 1 is 1.04 bits per heavy atom. The van der Waals surface area contributed by atoms with Crippen molar-refractivity contribution in [2.45, 2.75) is 63.5 Å². The number of carbonyl (C=O) groups is 1. The van der Waals surface area contributed by atoms with E-state index in [0.717, 1.165) is 77.5 Å². The zero-order chi connectivity index (χ0) is 19.4. The maximum absolute atomic E-state index is 13.4. The van der Waals surface area contributed by atoms with E-state index in [1.165, 1.54) is 0 Å². The fraction of sp³-hybridized carbons (Fsp3) is 0.900. The van der Waals surface area contributed by atoms with Crippen molar-refractivity contribution in [1.29, 1.82) is 5.41 Å². The molecule has 4 unspecified atom stereocenters. The second-order valence-corrected chi connectivity index (χ2v) is 8.77. The van der Waals surface area contributed by atoms with Gasteiger partial charge >= 0.3 is 0 Å². The highest BCUT2D eigenvalue weighted by Gasteiger charge is 2.48. The molecular weight excluding hydrogens is 340 g/mol. The molecule has 0 aromatic heterocycles. The van der Waals surface area contributed by atoms with Gasteiger partial charge in [-0.3, -0.25) is 15.1 Å². The Kier molecular flexibility index (Phi) is 7.11. The average molecular weight is 379 g/mol. The minimum Gasteiger partial charge on any atom is -0.387 e. The third-order valence-corrected chi connectivity index (χ3v) is 7.15. The van der Waals surface area contributed by atoms with Crippen molar-refractivity contribution in [3.63, 3.8) is 0 Å². The van der Waals surface area contributed by atoms with E-state index in [1.54, 1.807) is 0 Å². The summed E-state index contributed by atoms with van der Waals surface area (Å²) < 4.78 is 0. The SMILES string of the molecule is N=C(N)C1CCC2CC(C(=O)N3CCC(CCN)CC3)N(CCCN)C2C1. The lowest BCUT2D eigenvalue weighted by Crippen LogP contribution is -2.51. The molecule has 3 aliphatic rings.